The Kier molecular flexibility index (Phi) is 9.78. The molecule has 14 heteroatoms. The summed E-state index contributed by atoms with van der Waals surface area (Å²) in [5, 5.41) is 16.8. The van der Waals surface area contributed by atoms with Crippen LogP contribution >= 0.6 is 0 Å². The van der Waals surface area contributed by atoms with Gasteiger partial charge in [0, 0.05) is 80.6 Å². The predicted molar refractivity (Wildman–Crippen MR) is 192 cm³/mol. The van der Waals surface area contributed by atoms with Crippen molar-refractivity contribution < 1.29 is 23.9 Å². The van der Waals surface area contributed by atoms with Crippen molar-refractivity contribution in [1.82, 2.24) is 35.2 Å². The van der Waals surface area contributed by atoms with Crippen LogP contribution in [0.4, 0.5) is 5.69 Å². The number of carbonyl (C=O) groups is 3. The van der Waals surface area contributed by atoms with Gasteiger partial charge in [0.1, 0.15) is 23.1 Å². The first kappa shape index (κ1) is 34.2. The van der Waals surface area contributed by atoms with Crippen LogP contribution in [0, 0.1) is 0 Å². The number of anilines is 1. The van der Waals surface area contributed by atoms with E-state index in [4.69, 9.17) is 9.47 Å². The van der Waals surface area contributed by atoms with Crippen LogP contribution in [-0.4, -0.2) is 101 Å². The Balaban J connectivity index is 0.876. The molecule has 1 atom stereocenters. The minimum atomic E-state index is -0.402. The molecular weight excluding hydrogens is 652 g/mol. The summed E-state index contributed by atoms with van der Waals surface area (Å²) in [6.45, 7) is 3.97. The summed E-state index contributed by atoms with van der Waals surface area (Å²) in [5.41, 5.74) is 4.98. The van der Waals surface area contributed by atoms with Crippen LogP contribution in [-0.2, 0) is 28.0 Å². The monoisotopic (exact) mass is 696 g/mol. The number of aromatic amines is 1. The number of methoxy groups -OCH3 is 2. The van der Waals surface area contributed by atoms with Gasteiger partial charge in [-0.3, -0.25) is 34.5 Å². The molecule has 268 valence electrons. The maximum Gasteiger partial charge on any atom is 0.276 e. The second kappa shape index (κ2) is 14.6. The Hall–Kier alpha value is -5.21. The van der Waals surface area contributed by atoms with Crippen molar-refractivity contribution in [2.45, 2.75) is 50.2 Å². The number of piperidine rings is 2. The lowest BCUT2D eigenvalue weighted by Crippen LogP contribution is -2.60. The molecule has 3 fully saturated rings. The normalized spacial score (nSPS) is 18.8. The summed E-state index contributed by atoms with van der Waals surface area (Å²) in [4.78, 5) is 53.4. The van der Waals surface area contributed by atoms with E-state index in [2.05, 4.69) is 43.2 Å². The molecule has 2 aromatic carbocycles. The molecular formula is C37H44N8O6. The smallest absolute Gasteiger partial charge is 0.276 e. The SMILES string of the molecule is COc1cc(-c2cn(C)c(=O)c3[nH]ncc23)cc(OC)c1CNC1CN(CC(=O)N2CCC(c3ccc(NC4CCC(=O)NC4=O)cc3)CC2)C1. The Morgan fingerprint density at radius 2 is 1.71 bits per heavy atom. The fourth-order valence-corrected chi connectivity index (χ4v) is 7.41. The van der Waals surface area contributed by atoms with Crippen molar-refractivity contribution in [1.29, 1.82) is 0 Å². The van der Waals surface area contributed by atoms with Crippen molar-refractivity contribution in [2.75, 3.05) is 52.3 Å². The molecule has 4 aromatic rings. The third-order valence-electron chi connectivity index (χ3n) is 10.4. The number of nitrogens with one attached hydrogen (secondary N) is 4. The van der Waals surface area contributed by atoms with Gasteiger partial charge >= 0.3 is 0 Å². The van der Waals surface area contributed by atoms with Gasteiger partial charge in [0.2, 0.25) is 17.7 Å². The van der Waals surface area contributed by atoms with E-state index in [-0.39, 0.29) is 29.3 Å². The van der Waals surface area contributed by atoms with E-state index in [1.807, 2.05) is 29.2 Å². The fraction of sp³-hybridized carbons (Fsp3) is 0.432. The van der Waals surface area contributed by atoms with Gasteiger partial charge in [-0.05, 0) is 60.6 Å². The van der Waals surface area contributed by atoms with Crippen LogP contribution in [0.2, 0.25) is 0 Å². The Labute approximate surface area is 295 Å². The molecule has 51 heavy (non-hydrogen) atoms. The average Bonchev–Trinajstić information content (AvgIpc) is 3.62. The Morgan fingerprint density at radius 3 is 2.37 bits per heavy atom. The highest BCUT2D eigenvalue weighted by molar-refractivity contribution is 6.01. The number of carbonyl (C=O) groups excluding carboxylic acids is 3. The van der Waals surface area contributed by atoms with Crippen molar-refractivity contribution in [3.05, 3.63) is 70.3 Å². The second-order valence-corrected chi connectivity index (χ2v) is 13.7. The largest absolute Gasteiger partial charge is 0.496 e. The zero-order valence-electron chi connectivity index (χ0n) is 29.2. The highest BCUT2D eigenvalue weighted by Gasteiger charge is 2.32. The van der Waals surface area contributed by atoms with Gasteiger partial charge in [0.15, 0.2) is 0 Å². The molecule has 7 rings (SSSR count). The first-order valence-corrected chi connectivity index (χ1v) is 17.4. The molecule has 3 amide bonds. The van der Waals surface area contributed by atoms with E-state index < -0.39 is 6.04 Å². The highest BCUT2D eigenvalue weighted by Crippen LogP contribution is 2.37. The summed E-state index contributed by atoms with van der Waals surface area (Å²) >= 11 is 0. The van der Waals surface area contributed by atoms with Gasteiger partial charge in [0.05, 0.1) is 27.0 Å². The van der Waals surface area contributed by atoms with Gasteiger partial charge in [-0.25, -0.2) is 0 Å². The number of hydrogen-bond acceptors (Lipinski definition) is 10. The van der Waals surface area contributed by atoms with Gasteiger partial charge in [-0.15, -0.1) is 0 Å². The molecule has 0 aliphatic carbocycles. The average molecular weight is 697 g/mol. The van der Waals surface area contributed by atoms with Crippen molar-refractivity contribution >= 4 is 34.3 Å². The van der Waals surface area contributed by atoms with Crippen LogP contribution in [0.1, 0.15) is 42.7 Å². The van der Waals surface area contributed by atoms with E-state index >= 15 is 0 Å². The first-order valence-electron chi connectivity index (χ1n) is 17.4. The number of ether oxygens (including phenoxy) is 2. The molecule has 14 nitrogen and oxygen atoms in total. The van der Waals surface area contributed by atoms with E-state index in [0.717, 1.165) is 66.8 Å². The number of fused-ring (bicyclic) bond motifs is 1. The van der Waals surface area contributed by atoms with E-state index in [0.29, 0.717) is 48.9 Å². The standard InChI is InChI=1S/C37H44N8O6/c1-43-20-29(27-17-39-42-35(27)37(43)49)24-14-31(50-2)28(32(15-24)51-3)16-38-26-18-44(19-26)21-34(47)45-12-10-23(11-13-45)22-4-6-25(7-5-22)40-30-8-9-33(46)41-36(30)48/h4-7,14-15,17,20,23,26,30,38,40H,8-13,16,18-19,21H2,1-3H3,(H,39,42)(H,41,46,48). The first-order chi connectivity index (χ1) is 24.7. The van der Waals surface area contributed by atoms with Gasteiger partial charge in [-0.1, -0.05) is 12.1 Å². The number of benzene rings is 2. The summed E-state index contributed by atoms with van der Waals surface area (Å²) in [6, 6.07) is 11.9. The maximum absolute atomic E-state index is 13.2. The van der Waals surface area contributed by atoms with Gasteiger partial charge < -0.3 is 29.6 Å². The summed E-state index contributed by atoms with van der Waals surface area (Å²) in [7, 11) is 4.98. The fourth-order valence-electron chi connectivity index (χ4n) is 7.41. The van der Waals surface area contributed by atoms with Crippen LogP contribution in [0.5, 0.6) is 11.5 Å². The molecule has 0 saturated carbocycles. The van der Waals surface area contributed by atoms with Gasteiger partial charge in [-0.2, -0.15) is 5.10 Å². The lowest BCUT2D eigenvalue weighted by molar-refractivity contribution is -0.135. The van der Waals surface area contributed by atoms with E-state index in [9.17, 15) is 19.2 Å². The number of amides is 3. The zero-order valence-corrected chi connectivity index (χ0v) is 29.2. The predicted octanol–water partition coefficient (Wildman–Crippen LogP) is 2.34. The molecule has 1 unspecified atom stereocenters. The van der Waals surface area contributed by atoms with Crippen molar-refractivity contribution in [3.8, 4) is 22.6 Å². The third kappa shape index (κ3) is 7.19. The lowest BCUT2D eigenvalue weighted by Gasteiger charge is -2.41. The molecule has 0 bridgehead atoms. The number of aromatic nitrogens is 3. The molecule has 5 heterocycles. The molecule has 3 aliphatic rings. The number of hydrogen-bond donors (Lipinski definition) is 4. The van der Waals surface area contributed by atoms with Crippen molar-refractivity contribution in [2.24, 2.45) is 7.05 Å². The minimum absolute atomic E-state index is 0.144. The summed E-state index contributed by atoms with van der Waals surface area (Å²) in [6.07, 6.45) is 6.10. The zero-order chi connectivity index (χ0) is 35.6. The maximum atomic E-state index is 13.2. The Bertz CT molecular complexity index is 1970. The van der Waals surface area contributed by atoms with Gasteiger partial charge in [0.25, 0.3) is 5.56 Å². The number of pyridine rings is 1. The molecule has 4 N–H and O–H groups in total. The lowest BCUT2D eigenvalue weighted by atomic mass is 9.89. The molecule has 0 radical (unpaired) electrons. The number of likely N-dealkylation sites (tertiary alicyclic amines) is 2. The summed E-state index contributed by atoms with van der Waals surface area (Å²) < 4.78 is 13.1. The second-order valence-electron chi connectivity index (χ2n) is 13.7. The van der Waals surface area contributed by atoms with Crippen LogP contribution in [0.3, 0.4) is 0 Å². The van der Waals surface area contributed by atoms with Crippen molar-refractivity contribution in [3.63, 3.8) is 0 Å². The number of aryl methyl sites for hydroxylation is 1. The molecule has 0 spiro atoms. The van der Waals surface area contributed by atoms with E-state index in [1.54, 1.807) is 33.7 Å². The number of H-pyrrole nitrogens is 1. The topological polar surface area (TPSA) is 163 Å². The highest BCUT2D eigenvalue weighted by atomic mass is 16.5. The van der Waals surface area contributed by atoms with Crippen LogP contribution < -0.4 is 31.0 Å². The Morgan fingerprint density at radius 1 is 1.00 bits per heavy atom. The molecule has 3 saturated heterocycles. The quantitative estimate of drug-likeness (QED) is 0.171. The van der Waals surface area contributed by atoms with Crippen LogP contribution in [0.25, 0.3) is 22.0 Å². The third-order valence-corrected chi connectivity index (χ3v) is 10.4. The minimum Gasteiger partial charge on any atom is -0.496 e. The number of imide groups is 1. The van der Waals surface area contributed by atoms with E-state index in [1.165, 1.54) is 10.1 Å². The summed E-state index contributed by atoms with van der Waals surface area (Å²) in [5.74, 6) is 1.40. The molecule has 3 aliphatic heterocycles. The molecule has 2 aromatic heterocycles. The van der Waals surface area contributed by atoms with Crippen LogP contribution in [0.15, 0.2) is 53.6 Å². The number of rotatable bonds is 11. The number of nitrogens with zero attached hydrogens (tertiary/aromatic N) is 4.